The predicted molar refractivity (Wildman–Crippen MR) is 108 cm³/mol. The average molecular weight is 386 g/mol. The van der Waals surface area contributed by atoms with Crippen LogP contribution in [0.1, 0.15) is 44.9 Å². The topological polar surface area (TPSA) is 55.2 Å². The molecule has 1 amide bonds. The maximum atomic E-state index is 12.7. The number of likely N-dealkylation sites (tertiary alicyclic amines) is 1. The summed E-state index contributed by atoms with van der Waals surface area (Å²) in [6.45, 7) is 2.20. The van der Waals surface area contributed by atoms with Crippen LogP contribution >= 0.6 is 11.3 Å². The number of hydrogen-bond donors (Lipinski definition) is 0. The van der Waals surface area contributed by atoms with Gasteiger partial charge in [0.15, 0.2) is 0 Å². The Morgan fingerprint density at radius 1 is 1.11 bits per heavy atom. The Labute approximate surface area is 164 Å². The molecular weight excluding hydrogens is 358 g/mol. The van der Waals surface area contributed by atoms with Crippen LogP contribution in [-0.4, -0.2) is 33.7 Å². The number of piperidine rings is 1. The number of carbonyl (C=O) groups is 1. The van der Waals surface area contributed by atoms with E-state index in [2.05, 4.69) is 5.10 Å². The van der Waals surface area contributed by atoms with Gasteiger partial charge in [-0.25, -0.2) is 4.68 Å². The molecule has 27 heavy (non-hydrogen) atoms. The predicted octanol–water partition coefficient (Wildman–Crippen LogP) is 3.79. The van der Waals surface area contributed by atoms with Crippen LogP contribution in [0.15, 0.2) is 34.4 Å². The van der Waals surface area contributed by atoms with Crippen LogP contribution in [-0.2, 0) is 11.3 Å². The zero-order valence-electron chi connectivity index (χ0n) is 15.7. The average Bonchev–Trinajstić information content (AvgIpc) is 3.38. The Bertz CT molecular complexity index is 824. The monoisotopic (exact) mass is 385 g/mol. The van der Waals surface area contributed by atoms with Gasteiger partial charge in [-0.1, -0.05) is 18.9 Å². The molecule has 144 valence electrons. The van der Waals surface area contributed by atoms with Crippen molar-refractivity contribution in [2.45, 2.75) is 51.5 Å². The van der Waals surface area contributed by atoms with Crippen LogP contribution in [0.25, 0.3) is 10.6 Å². The quantitative estimate of drug-likeness (QED) is 0.787. The van der Waals surface area contributed by atoms with E-state index in [4.69, 9.17) is 0 Å². The van der Waals surface area contributed by atoms with E-state index in [-0.39, 0.29) is 5.56 Å². The first kappa shape index (κ1) is 18.4. The lowest BCUT2D eigenvalue weighted by Gasteiger charge is -2.33. The number of nitrogens with zero attached hydrogens (tertiary/aromatic N) is 3. The lowest BCUT2D eigenvalue weighted by molar-refractivity contribution is -0.134. The summed E-state index contributed by atoms with van der Waals surface area (Å²) >= 11 is 1.63. The van der Waals surface area contributed by atoms with Crippen LogP contribution in [0, 0.1) is 11.8 Å². The minimum atomic E-state index is -0.0651. The van der Waals surface area contributed by atoms with E-state index in [1.807, 2.05) is 22.4 Å². The molecule has 1 saturated carbocycles. The molecule has 1 aliphatic heterocycles. The molecule has 2 aromatic rings. The smallest absolute Gasteiger partial charge is 0.266 e. The molecule has 0 spiro atoms. The zero-order valence-corrected chi connectivity index (χ0v) is 16.5. The highest BCUT2D eigenvalue weighted by Crippen LogP contribution is 2.29. The van der Waals surface area contributed by atoms with E-state index >= 15 is 0 Å². The van der Waals surface area contributed by atoms with Crippen molar-refractivity contribution in [3.05, 3.63) is 40.0 Å². The number of rotatable bonds is 5. The van der Waals surface area contributed by atoms with Crippen molar-refractivity contribution in [3.63, 3.8) is 0 Å². The molecule has 1 saturated heterocycles. The summed E-state index contributed by atoms with van der Waals surface area (Å²) in [7, 11) is 0. The van der Waals surface area contributed by atoms with Crippen LogP contribution in [0.5, 0.6) is 0 Å². The van der Waals surface area contributed by atoms with Crippen LogP contribution < -0.4 is 5.56 Å². The van der Waals surface area contributed by atoms with Crippen molar-refractivity contribution >= 4 is 17.2 Å². The van der Waals surface area contributed by atoms with Gasteiger partial charge in [-0.3, -0.25) is 9.59 Å². The van der Waals surface area contributed by atoms with Gasteiger partial charge in [0.1, 0.15) is 5.69 Å². The molecule has 1 aliphatic carbocycles. The second-order valence-corrected chi connectivity index (χ2v) is 8.87. The summed E-state index contributed by atoms with van der Waals surface area (Å²) in [6, 6.07) is 7.41. The normalized spacial score (nSPS) is 20.9. The second-order valence-electron chi connectivity index (χ2n) is 7.92. The van der Waals surface area contributed by atoms with Gasteiger partial charge < -0.3 is 4.90 Å². The Hall–Kier alpha value is -1.95. The zero-order chi connectivity index (χ0) is 18.6. The van der Waals surface area contributed by atoms with E-state index < -0.39 is 0 Å². The largest absolute Gasteiger partial charge is 0.342 e. The van der Waals surface area contributed by atoms with Gasteiger partial charge in [0.25, 0.3) is 5.56 Å². The molecule has 0 aromatic carbocycles. The molecule has 3 heterocycles. The third-order valence-electron chi connectivity index (χ3n) is 5.88. The molecular formula is C21H27N3O2S. The standard InChI is InChI=1S/C21H27N3O2S/c25-20-10-9-18(19-8-4-12-27-19)22-24(20)15-17-7-3-11-23(14-17)21(26)13-16-5-1-2-6-16/h4,8-10,12,16-17H,1-3,5-7,11,13-15H2/t17-/m0/s1. The fourth-order valence-corrected chi connectivity index (χ4v) is 5.10. The molecule has 0 radical (unpaired) electrons. The van der Waals surface area contributed by atoms with Gasteiger partial charge >= 0.3 is 0 Å². The summed E-state index contributed by atoms with van der Waals surface area (Å²) in [6.07, 6.45) is 7.73. The first-order chi connectivity index (χ1) is 13.2. The first-order valence-corrected chi connectivity index (χ1v) is 11.0. The van der Waals surface area contributed by atoms with Crippen LogP contribution in [0.3, 0.4) is 0 Å². The third-order valence-corrected chi connectivity index (χ3v) is 6.77. The van der Waals surface area contributed by atoms with Crippen molar-refractivity contribution < 1.29 is 4.79 Å². The van der Waals surface area contributed by atoms with E-state index in [9.17, 15) is 9.59 Å². The van der Waals surface area contributed by atoms with E-state index in [1.165, 1.54) is 25.7 Å². The van der Waals surface area contributed by atoms with Crippen molar-refractivity contribution in [1.29, 1.82) is 0 Å². The molecule has 4 rings (SSSR count). The van der Waals surface area contributed by atoms with E-state index in [0.717, 1.165) is 36.5 Å². The minimum absolute atomic E-state index is 0.0651. The highest BCUT2D eigenvalue weighted by molar-refractivity contribution is 7.13. The molecule has 0 unspecified atom stereocenters. The highest BCUT2D eigenvalue weighted by atomic mass is 32.1. The molecule has 5 nitrogen and oxygen atoms in total. The Morgan fingerprint density at radius 3 is 2.70 bits per heavy atom. The summed E-state index contributed by atoms with van der Waals surface area (Å²) < 4.78 is 1.59. The number of hydrogen-bond acceptors (Lipinski definition) is 4. The van der Waals surface area contributed by atoms with Crippen molar-refractivity contribution in [2.24, 2.45) is 11.8 Å². The number of aromatic nitrogens is 2. The highest BCUT2D eigenvalue weighted by Gasteiger charge is 2.27. The summed E-state index contributed by atoms with van der Waals surface area (Å²) in [5.41, 5.74) is 0.777. The molecule has 0 N–H and O–H groups in total. The minimum Gasteiger partial charge on any atom is -0.342 e. The Morgan fingerprint density at radius 2 is 1.93 bits per heavy atom. The SMILES string of the molecule is O=C(CC1CCCC1)N1CCC[C@H](Cn2nc(-c3cccs3)ccc2=O)C1. The van der Waals surface area contributed by atoms with Gasteiger partial charge in [-0.05, 0) is 55.0 Å². The van der Waals surface area contributed by atoms with Crippen LogP contribution in [0.4, 0.5) is 0 Å². The lowest BCUT2D eigenvalue weighted by atomic mass is 9.96. The first-order valence-electron chi connectivity index (χ1n) is 10.1. The second kappa shape index (κ2) is 8.38. The maximum Gasteiger partial charge on any atom is 0.266 e. The van der Waals surface area contributed by atoms with Gasteiger partial charge in [-0.15, -0.1) is 11.3 Å². The van der Waals surface area contributed by atoms with Gasteiger partial charge in [0.2, 0.25) is 5.91 Å². The summed E-state index contributed by atoms with van der Waals surface area (Å²) in [4.78, 5) is 28.1. The fourth-order valence-electron chi connectivity index (χ4n) is 4.41. The van der Waals surface area contributed by atoms with Crippen molar-refractivity contribution in [3.8, 4) is 10.6 Å². The Balaban J connectivity index is 1.41. The van der Waals surface area contributed by atoms with Crippen molar-refractivity contribution in [2.75, 3.05) is 13.1 Å². The van der Waals surface area contributed by atoms with Crippen LogP contribution in [0.2, 0.25) is 0 Å². The van der Waals surface area contributed by atoms with E-state index in [0.29, 0.717) is 30.7 Å². The number of carbonyl (C=O) groups excluding carboxylic acids is 1. The summed E-state index contributed by atoms with van der Waals surface area (Å²) in [5, 5.41) is 6.59. The molecule has 1 atom stereocenters. The lowest BCUT2D eigenvalue weighted by Crippen LogP contribution is -2.42. The van der Waals surface area contributed by atoms with Crippen molar-refractivity contribution in [1.82, 2.24) is 14.7 Å². The molecule has 6 heteroatoms. The fraction of sp³-hybridized carbons (Fsp3) is 0.571. The third kappa shape index (κ3) is 4.49. The van der Waals surface area contributed by atoms with E-state index in [1.54, 1.807) is 28.2 Å². The molecule has 2 aromatic heterocycles. The van der Waals surface area contributed by atoms with Gasteiger partial charge in [0, 0.05) is 32.1 Å². The molecule has 2 aliphatic rings. The maximum absolute atomic E-state index is 12.7. The van der Waals surface area contributed by atoms with Gasteiger partial charge in [0.05, 0.1) is 4.88 Å². The molecule has 2 fully saturated rings. The number of thiophene rings is 1. The molecule has 0 bridgehead atoms. The summed E-state index contributed by atoms with van der Waals surface area (Å²) in [5.74, 6) is 1.19. The number of amides is 1. The Kier molecular flexibility index (Phi) is 5.72. The van der Waals surface area contributed by atoms with Gasteiger partial charge in [-0.2, -0.15) is 5.10 Å².